The number of thiophene rings is 1. The van der Waals surface area contributed by atoms with Gasteiger partial charge in [0, 0.05) is 29.4 Å². The molecule has 1 aliphatic carbocycles. The van der Waals surface area contributed by atoms with Gasteiger partial charge in [-0.15, -0.1) is 22.7 Å². The number of thiazole rings is 1. The number of aromatic nitrogens is 1. The van der Waals surface area contributed by atoms with Gasteiger partial charge < -0.3 is 10.6 Å². The molecule has 2 N–H and O–H groups in total. The Bertz CT molecular complexity index is 601. The minimum absolute atomic E-state index is 0.153. The Morgan fingerprint density at radius 3 is 3.00 bits per heavy atom. The summed E-state index contributed by atoms with van der Waals surface area (Å²) in [5, 5.41) is 3.25. The molecule has 0 fully saturated rings. The van der Waals surface area contributed by atoms with Gasteiger partial charge in [0.1, 0.15) is 0 Å². The Labute approximate surface area is 134 Å². The van der Waals surface area contributed by atoms with Crippen molar-refractivity contribution >= 4 is 27.8 Å². The third-order valence-corrected chi connectivity index (χ3v) is 6.35. The van der Waals surface area contributed by atoms with Crippen LogP contribution >= 0.6 is 22.7 Å². The molecule has 1 aliphatic rings. The van der Waals surface area contributed by atoms with Crippen molar-refractivity contribution in [2.24, 2.45) is 11.1 Å². The molecule has 1 unspecified atom stereocenters. The zero-order valence-corrected chi connectivity index (χ0v) is 14.6. The molecule has 0 saturated heterocycles. The van der Waals surface area contributed by atoms with Crippen LogP contribution in [0.4, 0.5) is 5.13 Å². The molecule has 5 heteroatoms. The SMILES string of the molecule is CN(CCc1cccs1)c1nc2c(s1)C(N)CC(C)(C)C2. The van der Waals surface area contributed by atoms with E-state index in [1.807, 2.05) is 11.3 Å². The monoisotopic (exact) mass is 321 g/mol. The van der Waals surface area contributed by atoms with E-state index in [0.29, 0.717) is 0 Å². The first-order valence-corrected chi connectivity index (χ1v) is 9.13. The fourth-order valence-corrected chi connectivity index (χ4v) is 4.74. The predicted octanol–water partition coefficient (Wildman–Crippen LogP) is 3.86. The Kier molecular flexibility index (Phi) is 4.08. The van der Waals surface area contributed by atoms with Gasteiger partial charge in [0.05, 0.1) is 5.69 Å². The first-order chi connectivity index (χ1) is 9.94. The van der Waals surface area contributed by atoms with Crippen LogP contribution in [0.1, 0.15) is 41.8 Å². The van der Waals surface area contributed by atoms with Gasteiger partial charge in [-0.05, 0) is 36.1 Å². The first-order valence-electron chi connectivity index (χ1n) is 7.43. The van der Waals surface area contributed by atoms with Crippen LogP contribution in [-0.4, -0.2) is 18.6 Å². The van der Waals surface area contributed by atoms with Crippen LogP contribution in [0.5, 0.6) is 0 Å². The van der Waals surface area contributed by atoms with E-state index >= 15 is 0 Å². The molecular formula is C16H23N3S2. The van der Waals surface area contributed by atoms with Crippen LogP contribution in [0.3, 0.4) is 0 Å². The molecule has 2 heterocycles. The Morgan fingerprint density at radius 2 is 2.29 bits per heavy atom. The molecule has 0 bridgehead atoms. The molecule has 0 aliphatic heterocycles. The largest absolute Gasteiger partial charge is 0.351 e. The average molecular weight is 322 g/mol. The van der Waals surface area contributed by atoms with Crippen LogP contribution in [0.25, 0.3) is 0 Å². The summed E-state index contributed by atoms with van der Waals surface area (Å²) in [4.78, 5) is 9.86. The number of fused-ring (bicyclic) bond motifs is 1. The lowest BCUT2D eigenvalue weighted by Gasteiger charge is -2.32. The number of anilines is 1. The lowest BCUT2D eigenvalue weighted by Crippen LogP contribution is -2.28. The molecule has 3 rings (SSSR count). The maximum Gasteiger partial charge on any atom is 0.185 e. The van der Waals surface area contributed by atoms with Crippen molar-refractivity contribution < 1.29 is 0 Å². The van der Waals surface area contributed by atoms with Gasteiger partial charge in [0.2, 0.25) is 0 Å². The minimum atomic E-state index is 0.153. The van der Waals surface area contributed by atoms with E-state index in [-0.39, 0.29) is 11.5 Å². The second-order valence-corrected chi connectivity index (χ2v) is 8.75. The van der Waals surface area contributed by atoms with Gasteiger partial charge in [-0.2, -0.15) is 0 Å². The van der Waals surface area contributed by atoms with Crippen molar-refractivity contribution in [2.45, 2.75) is 39.2 Å². The number of hydrogen-bond acceptors (Lipinski definition) is 5. The van der Waals surface area contributed by atoms with Crippen molar-refractivity contribution in [2.75, 3.05) is 18.5 Å². The number of nitrogens with two attached hydrogens (primary N) is 1. The molecule has 0 amide bonds. The summed E-state index contributed by atoms with van der Waals surface area (Å²) in [6.07, 6.45) is 3.18. The zero-order valence-electron chi connectivity index (χ0n) is 12.9. The van der Waals surface area contributed by atoms with Gasteiger partial charge in [0.25, 0.3) is 0 Å². The second kappa shape index (κ2) is 5.71. The van der Waals surface area contributed by atoms with E-state index < -0.39 is 0 Å². The minimum Gasteiger partial charge on any atom is -0.351 e. The molecule has 2 aromatic heterocycles. The second-order valence-electron chi connectivity index (χ2n) is 6.71. The van der Waals surface area contributed by atoms with E-state index in [4.69, 9.17) is 10.7 Å². The summed E-state index contributed by atoms with van der Waals surface area (Å²) in [5.41, 5.74) is 7.84. The third-order valence-electron chi connectivity index (χ3n) is 4.07. The smallest absolute Gasteiger partial charge is 0.185 e. The van der Waals surface area contributed by atoms with Crippen LogP contribution < -0.4 is 10.6 Å². The highest BCUT2D eigenvalue weighted by Crippen LogP contribution is 2.43. The Hall–Kier alpha value is -0.910. The number of rotatable bonds is 4. The summed E-state index contributed by atoms with van der Waals surface area (Å²) in [7, 11) is 2.13. The average Bonchev–Trinajstić information content (AvgIpc) is 3.03. The highest BCUT2D eigenvalue weighted by atomic mass is 32.1. The number of likely N-dealkylation sites (N-methyl/N-ethyl adjacent to an activating group) is 1. The molecular weight excluding hydrogens is 298 g/mol. The van der Waals surface area contributed by atoms with Gasteiger partial charge in [-0.25, -0.2) is 4.98 Å². The van der Waals surface area contributed by atoms with E-state index in [9.17, 15) is 0 Å². The number of hydrogen-bond donors (Lipinski definition) is 1. The molecule has 21 heavy (non-hydrogen) atoms. The molecule has 0 saturated carbocycles. The molecule has 3 nitrogen and oxygen atoms in total. The fourth-order valence-electron chi connectivity index (χ4n) is 2.97. The normalized spacial score (nSPS) is 20.3. The van der Waals surface area contributed by atoms with Crippen molar-refractivity contribution in [1.82, 2.24) is 4.98 Å². The molecule has 2 aromatic rings. The first kappa shape index (κ1) is 15.0. The van der Waals surface area contributed by atoms with Gasteiger partial charge in [-0.3, -0.25) is 0 Å². The highest BCUT2D eigenvalue weighted by molar-refractivity contribution is 7.15. The summed E-state index contributed by atoms with van der Waals surface area (Å²) in [5.74, 6) is 0. The summed E-state index contributed by atoms with van der Waals surface area (Å²) >= 11 is 3.61. The van der Waals surface area contributed by atoms with Crippen molar-refractivity contribution in [3.63, 3.8) is 0 Å². The van der Waals surface area contributed by atoms with E-state index in [2.05, 4.69) is 43.3 Å². The van der Waals surface area contributed by atoms with Crippen LogP contribution in [0.15, 0.2) is 17.5 Å². The maximum absolute atomic E-state index is 6.34. The highest BCUT2D eigenvalue weighted by Gasteiger charge is 2.33. The topological polar surface area (TPSA) is 42.2 Å². The third kappa shape index (κ3) is 3.30. The van der Waals surface area contributed by atoms with Crippen LogP contribution in [-0.2, 0) is 12.8 Å². The summed E-state index contributed by atoms with van der Waals surface area (Å²) in [6, 6.07) is 4.47. The lowest BCUT2D eigenvalue weighted by atomic mass is 9.77. The van der Waals surface area contributed by atoms with Gasteiger partial charge in [0.15, 0.2) is 5.13 Å². The summed E-state index contributed by atoms with van der Waals surface area (Å²) in [6.45, 7) is 5.58. The fraction of sp³-hybridized carbons (Fsp3) is 0.562. The van der Waals surface area contributed by atoms with Gasteiger partial charge in [-0.1, -0.05) is 19.9 Å². The van der Waals surface area contributed by atoms with Crippen LogP contribution in [0.2, 0.25) is 0 Å². The zero-order chi connectivity index (χ0) is 15.0. The number of nitrogens with zero attached hydrogens (tertiary/aromatic N) is 2. The van der Waals surface area contributed by atoms with Crippen molar-refractivity contribution in [1.29, 1.82) is 0 Å². The standard InChI is InChI=1S/C16H23N3S2/c1-16(2)9-12(17)14-13(10-16)18-15(21-14)19(3)7-6-11-5-4-8-20-11/h4-5,8,12H,6-7,9-10,17H2,1-3H3. The lowest BCUT2D eigenvalue weighted by molar-refractivity contribution is 0.282. The van der Waals surface area contributed by atoms with E-state index in [1.54, 1.807) is 11.3 Å². The van der Waals surface area contributed by atoms with Crippen molar-refractivity contribution in [3.8, 4) is 0 Å². The molecule has 0 spiro atoms. The molecule has 114 valence electrons. The van der Waals surface area contributed by atoms with E-state index in [0.717, 1.165) is 30.9 Å². The quantitative estimate of drug-likeness (QED) is 0.930. The Morgan fingerprint density at radius 1 is 1.48 bits per heavy atom. The maximum atomic E-state index is 6.34. The van der Waals surface area contributed by atoms with Crippen molar-refractivity contribution in [3.05, 3.63) is 33.0 Å². The van der Waals surface area contributed by atoms with Crippen LogP contribution in [0, 0.1) is 5.41 Å². The molecule has 0 radical (unpaired) electrons. The Balaban J connectivity index is 1.72. The van der Waals surface area contributed by atoms with E-state index in [1.165, 1.54) is 15.4 Å². The molecule has 0 aromatic carbocycles. The summed E-state index contributed by atoms with van der Waals surface area (Å²) < 4.78 is 0. The van der Waals surface area contributed by atoms with Gasteiger partial charge >= 0.3 is 0 Å². The molecule has 1 atom stereocenters. The predicted molar refractivity (Wildman–Crippen MR) is 92.4 cm³/mol.